The molecule has 0 bridgehead atoms. The molecule has 144 valence electrons. The summed E-state index contributed by atoms with van der Waals surface area (Å²) < 4.78 is 33.3. The predicted octanol–water partition coefficient (Wildman–Crippen LogP) is 1.46. The number of hydrogen-bond donors (Lipinski definition) is 1. The molecule has 2 aliphatic rings. The number of fused-ring (bicyclic) bond motifs is 1. The number of sulfonamides is 1. The first-order valence-corrected chi connectivity index (χ1v) is 10.3. The minimum Gasteiger partial charge on any atom is -0.447 e. The number of cyclic esters (lactones) is 1. The fourth-order valence-corrected chi connectivity index (χ4v) is 5.90. The molecule has 2 aromatic rings. The quantitative estimate of drug-likeness (QED) is 0.853. The van der Waals surface area contributed by atoms with Crippen molar-refractivity contribution < 1.29 is 17.9 Å². The molecule has 27 heavy (non-hydrogen) atoms. The fourth-order valence-electron chi connectivity index (χ4n) is 4.06. The predicted molar refractivity (Wildman–Crippen MR) is 97.8 cm³/mol. The molecule has 0 radical (unpaired) electrons. The van der Waals surface area contributed by atoms with E-state index >= 15 is 0 Å². The Balaban J connectivity index is 1.69. The topological polar surface area (TPSA) is 95.6 Å². The van der Waals surface area contributed by atoms with Crippen LogP contribution in [0.25, 0.3) is 0 Å². The number of nitrogens with zero attached hydrogens (tertiary/aromatic N) is 3. The summed E-state index contributed by atoms with van der Waals surface area (Å²) in [6.07, 6.45) is 0.160. The number of aromatic amines is 1. The third-order valence-electron chi connectivity index (χ3n) is 5.34. The molecule has 9 heteroatoms. The maximum atomic E-state index is 13.3. The SMILES string of the molecule is Cc1n[nH]c(C)c1S(=O)(=O)N1CCN2C(=O)OCC2(Cc2ccccc2)C1. The summed E-state index contributed by atoms with van der Waals surface area (Å²) in [5.41, 5.74) is 1.31. The average Bonchev–Trinajstić information content (AvgIpc) is 3.15. The first-order chi connectivity index (χ1) is 12.8. The summed E-state index contributed by atoms with van der Waals surface area (Å²) in [7, 11) is -3.72. The summed E-state index contributed by atoms with van der Waals surface area (Å²) in [5.74, 6) is 0. The molecule has 1 N–H and O–H groups in total. The number of rotatable bonds is 4. The van der Waals surface area contributed by atoms with E-state index in [4.69, 9.17) is 4.74 Å². The number of benzene rings is 1. The van der Waals surface area contributed by atoms with Crippen LogP contribution in [0.5, 0.6) is 0 Å². The van der Waals surface area contributed by atoms with Crippen molar-refractivity contribution in [3.8, 4) is 0 Å². The van der Waals surface area contributed by atoms with Crippen LogP contribution in [-0.4, -0.2) is 65.7 Å². The van der Waals surface area contributed by atoms with E-state index in [9.17, 15) is 13.2 Å². The molecule has 1 aromatic carbocycles. The van der Waals surface area contributed by atoms with E-state index < -0.39 is 15.6 Å². The van der Waals surface area contributed by atoms with E-state index in [0.29, 0.717) is 24.4 Å². The van der Waals surface area contributed by atoms with Gasteiger partial charge in [0.2, 0.25) is 10.0 Å². The molecule has 2 saturated heterocycles. The minimum absolute atomic E-state index is 0.177. The Morgan fingerprint density at radius 3 is 2.63 bits per heavy atom. The lowest BCUT2D eigenvalue weighted by Crippen LogP contribution is -2.63. The Kier molecular flexibility index (Phi) is 4.23. The Morgan fingerprint density at radius 1 is 1.22 bits per heavy atom. The standard InChI is InChI=1S/C18H22N4O4S/c1-13-16(14(2)20-19-13)27(24,25)21-8-9-22-17(23)26-12-18(22,11-21)10-15-6-4-3-5-7-15/h3-7H,8-12H2,1-2H3,(H,19,20). The monoisotopic (exact) mass is 390 g/mol. The largest absolute Gasteiger partial charge is 0.447 e. The lowest BCUT2D eigenvalue weighted by molar-refractivity contribution is 0.0917. The average molecular weight is 390 g/mol. The van der Waals surface area contributed by atoms with Crippen molar-refractivity contribution in [3.63, 3.8) is 0 Å². The van der Waals surface area contributed by atoms with Crippen LogP contribution in [0.2, 0.25) is 0 Å². The van der Waals surface area contributed by atoms with Crippen molar-refractivity contribution in [2.75, 3.05) is 26.2 Å². The number of hydrogen-bond acceptors (Lipinski definition) is 5. The van der Waals surface area contributed by atoms with Crippen molar-refractivity contribution >= 4 is 16.1 Å². The Morgan fingerprint density at radius 2 is 1.96 bits per heavy atom. The lowest BCUT2D eigenvalue weighted by atomic mass is 9.89. The Labute approximate surface area is 158 Å². The highest BCUT2D eigenvalue weighted by molar-refractivity contribution is 7.89. The van der Waals surface area contributed by atoms with Gasteiger partial charge in [0, 0.05) is 26.1 Å². The first-order valence-electron chi connectivity index (χ1n) is 8.83. The van der Waals surface area contributed by atoms with Crippen molar-refractivity contribution in [3.05, 3.63) is 47.3 Å². The van der Waals surface area contributed by atoms with Gasteiger partial charge >= 0.3 is 6.09 Å². The summed E-state index contributed by atoms with van der Waals surface area (Å²) in [6.45, 7) is 4.29. The fraction of sp³-hybridized carbons (Fsp3) is 0.444. The summed E-state index contributed by atoms with van der Waals surface area (Å²) in [6, 6.07) is 9.76. The minimum atomic E-state index is -3.72. The molecule has 1 unspecified atom stereocenters. The van der Waals surface area contributed by atoms with Gasteiger partial charge in [0.15, 0.2) is 0 Å². The zero-order valence-electron chi connectivity index (χ0n) is 15.3. The molecule has 0 saturated carbocycles. The third kappa shape index (κ3) is 2.90. The van der Waals surface area contributed by atoms with Crippen molar-refractivity contribution in [2.24, 2.45) is 0 Å². The highest BCUT2D eigenvalue weighted by atomic mass is 32.2. The Bertz CT molecular complexity index is 953. The third-order valence-corrected chi connectivity index (χ3v) is 7.44. The van der Waals surface area contributed by atoms with Gasteiger partial charge in [-0.1, -0.05) is 30.3 Å². The second-order valence-corrected chi connectivity index (χ2v) is 9.07. The molecule has 2 fully saturated rings. The number of amides is 1. The van der Waals surface area contributed by atoms with E-state index in [1.54, 1.807) is 18.7 Å². The number of ether oxygens (including phenoxy) is 1. The van der Waals surface area contributed by atoms with Crippen LogP contribution in [-0.2, 0) is 21.2 Å². The molecular formula is C18H22N4O4S. The maximum Gasteiger partial charge on any atom is 0.410 e. The van der Waals surface area contributed by atoms with Crippen molar-refractivity contribution in [2.45, 2.75) is 30.7 Å². The number of nitrogens with one attached hydrogen (secondary N) is 1. The molecule has 2 aliphatic heterocycles. The second kappa shape index (κ2) is 6.35. The van der Waals surface area contributed by atoms with Crippen LogP contribution in [0.1, 0.15) is 17.0 Å². The van der Waals surface area contributed by atoms with Crippen LogP contribution >= 0.6 is 0 Å². The van der Waals surface area contributed by atoms with Crippen molar-refractivity contribution in [1.82, 2.24) is 19.4 Å². The highest BCUT2D eigenvalue weighted by Crippen LogP contribution is 2.35. The number of carbonyl (C=O) groups excluding carboxylic acids is 1. The molecular weight excluding hydrogens is 368 g/mol. The van der Waals surface area contributed by atoms with Crippen LogP contribution in [0.3, 0.4) is 0 Å². The van der Waals surface area contributed by atoms with Gasteiger partial charge in [-0.25, -0.2) is 13.2 Å². The molecule has 3 heterocycles. The van der Waals surface area contributed by atoms with Gasteiger partial charge in [-0.15, -0.1) is 0 Å². The number of aromatic nitrogens is 2. The molecule has 8 nitrogen and oxygen atoms in total. The summed E-state index contributed by atoms with van der Waals surface area (Å²) in [5, 5.41) is 6.76. The number of H-pyrrole nitrogens is 1. The highest BCUT2D eigenvalue weighted by Gasteiger charge is 2.53. The number of carbonyl (C=O) groups is 1. The van der Waals surface area contributed by atoms with Crippen LogP contribution < -0.4 is 0 Å². The summed E-state index contributed by atoms with van der Waals surface area (Å²) in [4.78, 5) is 14.1. The lowest BCUT2D eigenvalue weighted by Gasteiger charge is -2.44. The van der Waals surface area contributed by atoms with Crippen LogP contribution in [0.4, 0.5) is 4.79 Å². The molecule has 1 aromatic heterocycles. The molecule has 1 atom stereocenters. The van der Waals surface area contributed by atoms with Gasteiger partial charge in [0.25, 0.3) is 0 Å². The van der Waals surface area contributed by atoms with Gasteiger partial charge in [-0.2, -0.15) is 9.40 Å². The number of piperazine rings is 1. The molecule has 4 rings (SSSR count). The summed E-state index contributed by atoms with van der Waals surface area (Å²) >= 11 is 0. The van der Waals surface area contributed by atoms with Gasteiger partial charge in [0.05, 0.1) is 16.9 Å². The van der Waals surface area contributed by atoms with Gasteiger partial charge in [-0.05, 0) is 19.4 Å². The second-order valence-electron chi connectivity index (χ2n) is 7.19. The van der Waals surface area contributed by atoms with E-state index in [-0.39, 0.29) is 30.7 Å². The molecule has 1 amide bonds. The van der Waals surface area contributed by atoms with Crippen molar-refractivity contribution in [1.29, 1.82) is 0 Å². The van der Waals surface area contributed by atoms with Crippen LogP contribution in [0.15, 0.2) is 35.2 Å². The smallest absolute Gasteiger partial charge is 0.410 e. The van der Waals surface area contributed by atoms with E-state index in [1.165, 1.54) is 4.31 Å². The van der Waals surface area contributed by atoms with E-state index in [1.807, 2.05) is 30.3 Å². The van der Waals surface area contributed by atoms with Crippen LogP contribution in [0, 0.1) is 13.8 Å². The molecule has 0 spiro atoms. The van der Waals surface area contributed by atoms with Gasteiger partial charge < -0.3 is 4.74 Å². The normalized spacial score (nSPS) is 23.3. The zero-order chi connectivity index (χ0) is 19.2. The van der Waals surface area contributed by atoms with E-state index in [2.05, 4.69) is 10.2 Å². The maximum absolute atomic E-state index is 13.3. The van der Waals surface area contributed by atoms with E-state index in [0.717, 1.165) is 5.56 Å². The Hall–Kier alpha value is -2.39. The first kappa shape index (κ1) is 18.0. The molecule has 0 aliphatic carbocycles. The number of aryl methyl sites for hydroxylation is 2. The van der Waals surface area contributed by atoms with Gasteiger partial charge in [0.1, 0.15) is 11.5 Å². The van der Waals surface area contributed by atoms with Gasteiger partial charge in [-0.3, -0.25) is 10.00 Å². The zero-order valence-corrected chi connectivity index (χ0v) is 16.1.